The highest BCUT2D eigenvalue weighted by Gasteiger charge is 2.10. The predicted molar refractivity (Wildman–Crippen MR) is 109 cm³/mol. The molecule has 7 heteroatoms. The predicted octanol–water partition coefficient (Wildman–Crippen LogP) is 2.57. The van der Waals surface area contributed by atoms with Crippen LogP contribution in [-0.2, 0) is 14.3 Å². The second kappa shape index (κ2) is 9.55. The molecule has 0 saturated carbocycles. The van der Waals surface area contributed by atoms with Crippen LogP contribution >= 0.6 is 0 Å². The summed E-state index contributed by atoms with van der Waals surface area (Å²) in [6, 6.07) is 10.6. The molecule has 0 spiro atoms. The van der Waals surface area contributed by atoms with Gasteiger partial charge >= 0.3 is 5.97 Å². The molecule has 28 heavy (non-hydrogen) atoms. The lowest BCUT2D eigenvalue weighted by molar-refractivity contribution is -0.122. The molecular weight excluding hydrogens is 358 g/mol. The van der Waals surface area contributed by atoms with Gasteiger partial charge in [0, 0.05) is 11.4 Å². The van der Waals surface area contributed by atoms with Gasteiger partial charge in [-0.05, 0) is 50.1 Å². The number of carbonyl (C=O) groups excluding carboxylic acids is 3. The molecule has 2 rings (SSSR count). The first kappa shape index (κ1) is 21.0. The smallest absolute Gasteiger partial charge is 0.337 e. The molecule has 0 radical (unpaired) electrons. The molecule has 7 nitrogen and oxygen atoms in total. The molecule has 3 N–H and O–H groups in total. The largest absolute Gasteiger partial charge is 0.465 e. The average molecular weight is 383 g/mol. The van der Waals surface area contributed by atoms with Crippen LogP contribution in [0.3, 0.4) is 0 Å². The number of aryl methyl sites for hydroxylation is 3. The molecule has 0 aliphatic carbocycles. The Bertz CT molecular complexity index is 870. The van der Waals surface area contributed by atoms with Crippen molar-refractivity contribution < 1.29 is 19.1 Å². The zero-order chi connectivity index (χ0) is 20.7. The maximum absolute atomic E-state index is 12.1. The van der Waals surface area contributed by atoms with Crippen LogP contribution in [0.1, 0.15) is 27.0 Å². The fourth-order valence-corrected chi connectivity index (χ4v) is 2.86. The van der Waals surface area contributed by atoms with Crippen LogP contribution in [0.2, 0.25) is 0 Å². The molecule has 0 atom stereocenters. The molecule has 0 saturated heterocycles. The van der Waals surface area contributed by atoms with Gasteiger partial charge in [-0.2, -0.15) is 0 Å². The number of benzene rings is 2. The molecule has 148 valence electrons. The first-order valence-electron chi connectivity index (χ1n) is 8.87. The number of anilines is 2. The summed E-state index contributed by atoms with van der Waals surface area (Å²) in [5.41, 5.74) is 4.84. The Kier molecular flexibility index (Phi) is 7.14. The van der Waals surface area contributed by atoms with E-state index in [1.165, 1.54) is 7.11 Å². The van der Waals surface area contributed by atoms with Crippen molar-refractivity contribution in [3.63, 3.8) is 0 Å². The van der Waals surface area contributed by atoms with Crippen molar-refractivity contribution in [3.8, 4) is 0 Å². The minimum absolute atomic E-state index is 0.0273. The summed E-state index contributed by atoms with van der Waals surface area (Å²) < 4.78 is 4.66. The molecule has 0 bridgehead atoms. The van der Waals surface area contributed by atoms with Crippen LogP contribution in [0.5, 0.6) is 0 Å². The minimum Gasteiger partial charge on any atom is -0.465 e. The summed E-state index contributed by atoms with van der Waals surface area (Å²) in [6.45, 7) is 5.71. The van der Waals surface area contributed by atoms with E-state index in [4.69, 9.17) is 0 Å². The van der Waals surface area contributed by atoms with E-state index in [9.17, 15) is 14.4 Å². The number of ether oxygens (including phenoxy) is 1. The van der Waals surface area contributed by atoms with E-state index in [0.29, 0.717) is 11.3 Å². The minimum atomic E-state index is -0.452. The Morgan fingerprint density at radius 2 is 1.61 bits per heavy atom. The Balaban J connectivity index is 1.83. The van der Waals surface area contributed by atoms with Crippen molar-refractivity contribution in [1.29, 1.82) is 0 Å². The average Bonchev–Trinajstić information content (AvgIpc) is 2.67. The number of amides is 2. The molecule has 0 fully saturated rings. The number of carbonyl (C=O) groups is 3. The Morgan fingerprint density at radius 1 is 0.929 bits per heavy atom. The van der Waals surface area contributed by atoms with Gasteiger partial charge in [-0.3, -0.25) is 9.59 Å². The SMILES string of the molecule is COC(=O)c1cccc(NCC(=O)NCC(=O)Nc2c(C)cc(C)cc2C)c1. The van der Waals surface area contributed by atoms with Crippen LogP contribution in [-0.4, -0.2) is 38.0 Å². The lowest BCUT2D eigenvalue weighted by Crippen LogP contribution is -2.36. The van der Waals surface area contributed by atoms with E-state index < -0.39 is 5.97 Å². The van der Waals surface area contributed by atoms with Crippen molar-refractivity contribution in [2.75, 3.05) is 30.8 Å². The van der Waals surface area contributed by atoms with Gasteiger partial charge in [0.1, 0.15) is 0 Å². The third-order valence-electron chi connectivity index (χ3n) is 4.12. The number of rotatable bonds is 7. The highest BCUT2D eigenvalue weighted by molar-refractivity contribution is 5.96. The maximum Gasteiger partial charge on any atom is 0.337 e. The quantitative estimate of drug-likeness (QED) is 0.639. The summed E-state index contributed by atoms with van der Waals surface area (Å²) in [6.07, 6.45) is 0. The third-order valence-corrected chi connectivity index (χ3v) is 4.12. The van der Waals surface area contributed by atoms with E-state index in [2.05, 4.69) is 20.7 Å². The molecule has 2 aromatic rings. The zero-order valence-electron chi connectivity index (χ0n) is 16.5. The van der Waals surface area contributed by atoms with Crippen LogP contribution in [0, 0.1) is 20.8 Å². The van der Waals surface area contributed by atoms with Gasteiger partial charge in [0.05, 0.1) is 25.8 Å². The summed E-state index contributed by atoms with van der Waals surface area (Å²) in [4.78, 5) is 35.6. The summed E-state index contributed by atoms with van der Waals surface area (Å²) in [5, 5.41) is 8.31. The number of methoxy groups -OCH3 is 1. The maximum atomic E-state index is 12.1. The Morgan fingerprint density at radius 3 is 2.25 bits per heavy atom. The van der Waals surface area contributed by atoms with Gasteiger partial charge in [0.15, 0.2) is 0 Å². The summed E-state index contributed by atoms with van der Waals surface area (Å²) in [5.74, 6) is -1.08. The standard InChI is InChI=1S/C21H25N3O4/c1-13-8-14(2)20(15(3)9-13)24-19(26)12-23-18(25)11-22-17-7-5-6-16(10-17)21(27)28-4/h5-10,22H,11-12H2,1-4H3,(H,23,25)(H,24,26). The second-order valence-corrected chi connectivity index (χ2v) is 6.52. The Hall–Kier alpha value is -3.35. The van der Waals surface area contributed by atoms with Crippen molar-refractivity contribution in [1.82, 2.24) is 5.32 Å². The van der Waals surface area contributed by atoms with Gasteiger partial charge in [0.25, 0.3) is 0 Å². The fraction of sp³-hybridized carbons (Fsp3) is 0.286. The molecule has 0 aliphatic rings. The third kappa shape index (κ3) is 5.84. The van der Waals surface area contributed by atoms with E-state index in [1.54, 1.807) is 24.3 Å². The van der Waals surface area contributed by atoms with Crippen molar-refractivity contribution in [3.05, 3.63) is 58.7 Å². The van der Waals surface area contributed by atoms with Crippen molar-refractivity contribution in [2.45, 2.75) is 20.8 Å². The zero-order valence-corrected chi connectivity index (χ0v) is 16.5. The molecule has 0 aromatic heterocycles. The van der Waals surface area contributed by atoms with Crippen LogP contribution in [0.4, 0.5) is 11.4 Å². The molecule has 2 amide bonds. The number of esters is 1. The van der Waals surface area contributed by atoms with Crippen molar-refractivity contribution in [2.24, 2.45) is 0 Å². The Labute approximate surface area is 164 Å². The van der Waals surface area contributed by atoms with Gasteiger partial charge in [-0.1, -0.05) is 23.8 Å². The van der Waals surface area contributed by atoms with E-state index in [-0.39, 0.29) is 24.9 Å². The van der Waals surface area contributed by atoms with Gasteiger partial charge in [-0.25, -0.2) is 4.79 Å². The fourth-order valence-electron chi connectivity index (χ4n) is 2.86. The molecular formula is C21H25N3O4. The molecule has 0 heterocycles. The number of hydrogen-bond acceptors (Lipinski definition) is 5. The highest BCUT2D eigenvalue weighted by atomic mass is 16.5. The summed E-state index contributed by atoms with van der Waals surface area (Å²) in [7, 11) is 1.31. The first-order valence-corrected chi connectivity index (χ1v) is 8.87. The highest BCUT2D eigenvalue weighted by Crippen LogP contribution is 2.21. The molecule has 0 unspecified atom stereocenters. The van der Waals surface area contributed by atoms with Crippen LogP contribution < -0.4 is 16.0 Å². The van der Waals surface area contributed by atoms with Gasteiger partial charge in [-0.15, -0.1) is 0 Å². The van der Waals surface area contributed by atoms with Crippen LogP contribution in [0.25, 0.3) is 0 Å². The lowest BCUT2D eigenvalue weighted by Gasteiger charge is -2.13. The van der Waals surface area contributed by atoms with Crippen LogP contribution in [0.15, 0.2) is 36.4 Å². The van der Waals surface area contributed by atoms with Gasteiger partial charge < -0.3 is 20.7 Å². The number of nitrogens with one attached hydrogen (secondary N) is 3. The second-order valence-electron chi connectivity index (χ2n) is 6.52. The monoisotopic (exact) mass is 383 g/mol. The lowest BCUT2D eigenvalue weighted by atomic mass is 10.1. The van der Waals surface area contributed by atoms with E-state index in [0.717, 1.165) is 22.4 Å². The van der Waals surface area contributed by atoms with Gasteiger partial charge in [0.2, 0.25) is 11.8 Å². The molecule has 0 aliphatic heterocycles. The normalized spacial score (nSPS) is 10.1. The topological polar surface area (TPSA) is 96.5 Å². The van der Waals surface area contributed by atoms with Crippen molar-refractivity contribution >= 4 is 29.2 Å². The molecule has 2 aromatic carbocycles. The van der Waals surface area contributed by atoms with E-state index >= 15 is 0 Å². The first-order chi connectivity index (χ1) is 13.3. The number of hydrogen-bond donors (Lipinski definition) is 3. The van der Waals surface area contributed by atoms with E-state index in [1.807, 2.05) is 32.9 Å². The summed E-state index contributed by atoms with van der Waals surface area (Å²) >= 11 is 0.